The van der Waals surface area contributed by atoms with Crippen LogP contribution in [0.25, 0.3) is 0 Å². The van der Waals surface area contributed by atoms with E-state index in [-0.39, 0.29) is 11.9 Å². The number of hydrogen-bond donors (Lipinski definition) is 0. The highest BCUT2D eigenvalue weighted by molar-refractivity contribution is 5.82. The van der Waals surface area contributed by atoms with E-state index in [1.807, 2.05) is 18.0 Å². The van der Waals surface area contributed by atoms with Crippen LogP contribution in [0, 0.1) is 0 Å². The lowest BCUT2D eigenvalue weighted by atomic mass is 10.1. The molecule has 1 amide bonds. The van der Waals surface area contributed by atoms with Gasteiger partial charge in [0.1, 0.15) is 24.4 Å². The number of ether oxygens (including phenoxy) is 1. The predicted octanol–water partition coefficient (Wildman–Crippen LogP) is 0.293. The van der Waals surface area contributed by atoms with Crippen molar-refractivity contribution in [2.24, 2.45) is 0 Å². The van der Waals surface area contributed by atoms with Crippen molar-refractivity contribution in [2.75, 3.05) is 46.9 Å². The smallest absolute Gasteiger partial charge is 0.241 e. The molecule has 0 unspecified atom stereocenters. The molecule has 0 bridgehead atoms. The highest BCUT2D eigenvalue weighted by Gasteiger charge is 2.37. The first-order valence-corrected chi connectivity index (χ1v) is 9.33. The van der Waals surface area contributed by atoms with Crippen molar-refractivity contribution in [3.63, 3.8) is 0 Å². The highest BCUT2D eigenvalue weighted by atomic mass is 16.5. The van der Waals surface area contributed by atoms with Crippen molar-refractivity contribution in [3.8, 4) is 5.75 Å². The fourth-order valence-corrected chi connectivity index (χ4v) is 3.97. The molecule has 2 saturated heterocycles. The maximum atomic E-state index is 12.5. The van der Waals surface area contributed by atoms with Crippen molar-refractivity contribution in [1.29, 1.82) is 0 Å². The minimum absolute atomic E-state index is 0.00892. The number of fused-ring (bicyclic) bond motifs is 1. The van der Waals surface area contributed by atoms with E-state index in [1.165, 1.54) is 11.9 Å². The van der Waals surface area contributed by atoms with Crippen molar-refractivity contribution >= 4 is 5.91 Å². The summed E-state index contributed by atoms with van der Waals surface area (Å²) in [4.78, 5) is 23.1. The van der Waals surface area contributed by atoms with Gasteiger partial charge in [-0.1, -0.05) is 6.07 Å². The van der Waals surface area contributed by atoms with Crippen molar-refractivity contribution < 1.29 is 9.53 Å². The van der Waals surface area contributed by atoms with Gasteiger partial charge >= 0.3 is 0 Å². The molecule has 0 saturated carbocycles. The number of aromatic nitrogens is 3. The van der Waals surface area contributed by atoms with Gasteiger partial charge in [0.25, 0.3) is 0 Å². The molecule has 2 fully saturated rings. The van der Waals surface area contributed by atoms with E-state index >= 15 is 0 Å². The summed E-state index contributed by atoms with van der Waals surface area (Å²) in [6.45, 7) is 5.98. The minimum atomic E-state index is -0.00892. The van der Waals surface area contributed by atoms with Crippen LogP contribution in [0.5, 0.6) is 5.75 Å². The Bertz CT molecular complexity index is 794. The predicted molar refractivity (Wildman–Crippen MR) is 100 cm³/mol. The molecule has 2 aromatic rings. The van der Waals surface area contributed by atoms with Crippen LogP contribution in [0.4, 0.5) is 0 Å². The molecule has 2 aliphatic rings. The third-order valence-electron chi connectivity index (χ3n) is 5.51. The first-order valence-electron chi connectivity index (χ1n) is 9.33. The van der Waals surface area contributed by atoms with Crippen molar-refractivity contribution in [1.82, 2.24) is 29.5 Å². The fourth-order valence-electron chi connectivity index (χ4n) is 3.97. The Labute approximate surface area is 159 Å². The Morgan fingerprint density at radius 2 is 2.04 bits per heavy atom. The van der Waals surface area contributed by atoms with Crippen LogP contribution in [0.15, 0.2) is 30.9 Å². The van der Waals surface area contributed by atoms with Crippen LogP contribution in [-0.4, -0.2) is 88.3 Å². The average Bonchev–Trinajstić information content (AvgIpc) is 3.18. The number of hydrogen-bond acceptors (Lipinski definition) is 6. The normalized spacial score (nSPS) is 21.3. The summed E-state index contributed by atoms with van der Waals surface area (Å²) < 4.78 is 7.29. The summed E-state index contributed by atoms with van der Waals surface area (Å²) in [6.07, 6.45) is 3.24. The number of carbonyl (C=O) groups is 1. The van der Waals surface area contributed by atoms with E-state index in [9.17, 15) is 4.79 Å². The van der Waals surface area contributed by atoms with E-state index in [0.29, 0.717) is 6.54 Å². The Morgan fingerprint density at radius 1 is 1.19 bits per heavy atom. The molecule has 4 rings (SSSR count). The number of piperazine rings is 2. The van der Waals surface area contributed by atoms with Gasteiger partial charge < -0.3 is 9.64 Å². The number of nitrogens with zero attached hydrogens (tertiary/aromatic N) is 6. The molecular weight excluding hydrogens is 344 g/mol. The standard InChI is InChI=1S/C19H26N6O2/c1-22-5-7-24-8-6-23(12-17(24)19(22)26)10-15-3-4-18(27-2)16(9-15)11-25-14-20-13-21-25/h3-4,9,13-14,17H,5-8,10-12H2,1-2H3/t17-/m0/s1. The zero-order valence-electron chi connectivity index (χ0n) is 15.9. The van der Waals surface area contributed by atoms with Gasteiger partial charge in [-0.25, -0.2) is 9.67 Å². The second-order valence-electron chi connectivity index (χ2n) is 7.29. The largest absolute Gasteiger partial charge is 0.496 e. The van der Waals surface area contributed by atoms with Crippen LogP contribution in [0.3, 0.4) is 0 Å². The van der Waals surface area contributed by atoms with Crippen molar-refractivity contribution in [3.05, 3.63) is 42.0 Å². The molecule has 3 heterocycles. The summed E-state index contributed by atoms with van der Waals surface area (Å²) in [5.74, 6) is 1.09. The lowest BCUT2D eigenvalue weighted by Gasteiger charge is -2.45. The van der Waals surface area contributed by atoms with Gasteiger partial charge in [0.05, 0.1) is 13.7 Å². The lowest BCUT2D eigenvalue weighted by Crippen LogP contribution is -2.63. The summed E-state index contributed by atoms with van der Waals surface area (Å²) in [5, 5.41) is 4.18. The SMILES string of the molecule is COc1ccc(CN2CCN3CCN(C)C(=O)[C@@H]3C2)cc1Cn1cncn1. The molecule has 1 atom stereocenters. The molecule has 1 aromatic carbocycles. The molecule has 144 valence electrons. The summed E-state index contributed by atoms with van der Waals surface area (Å²) in [6, 6.07) is 6.27. The zero-order chi connectivity index (χ0) is 18.8. The fraction of sp³-hybridized carbons (Fsp3) is 0.526. The maximum absolute atomic E-state index is 12.5. The topological polar surface area (TPSA) is 66.7 Å². The van der Waals surface area contributed by atoms with Crippen LogP contribution < -0.4 is 4.74 Å². The molecule has 0 spiro atoms. The summed E-state index contributed by atoms with van der Waals surface area (Å²) in [5.41, 5.74) is 2.29. The van der Waals surface area contributed by atoms with Gasteiger partial charge in [0, 0.05) is 51.9 Å². The zero-order valence-corrected chi connectivity index (χ0v) is 15.9. The number of benzene rings is 1. The Kier molecular flexibility index (Phi) is 5.09. The van der Waals surface area contributed by atoms with Crippen molar-refractivity contribution in [2.45, 2.75) is 19.1 Å². The number of rotatable bonds is 5. The van der Waals surface area contributed by atoms with E-state index in [2.05, 4.69) is 32.0 Å². The van der Waals surface area contributed by atoms with Gasteiger partial charge in [-0.15, -0.1) is 0 Å². The Balaban J connectivity index is 1.47. The molecule has 0 N–H and O–H groups in total. The third kappa shape index (κ3) is 3.81. The maximum Gasteiger partial charge on any atom is 0.241 e. The summed E-state index contributed by atoms with van der Waals surface area (Å²) in [7, 11) is 3.59. The highest BCUT2D eigenvalue weighted by Crippen LogP contribution is 2.23. The van der Waals surface area contributed by atoms with Gasteiger partial charge in [0.2, 0.25) is 5.91 Å². The van der Waals surface area contributed by atoms with Gasteiger partial charge in [-0.3, -0.25) is 14.6 Å². The van der Waals surface area contributed by atoms with Crippen LogP contribution in [-0.2, 0) is 17.9 Å². The van der Waals surface area contributed by atoms with Crippen LogP contribution in [0.2, 0.25) is 0 Å². The molecule has 8 nitrogen and oxygen atoms in total. The van der Waals surface area contributed by atoms with E-state index < -0.39 is 0 Å². The van der Waals surface area contributed by atoms with Gasteiger partial charge in [0.15, 0.2) is 0 Å². The van der Waals surface area contributed by atoms with Gasteiger partial charge in [-0.05, 0) is 17.7 Å². The first-order chi connectivity index (χ1) is 13.1. The van der Waals surface area contributed by atoms with E-state index in [4.69, 9.17) is 4.74 Å². The number of carbonyl (C=O) groups excluding carboxylic acids is 1. The lowest BCUT2D eigenvalue weighted by molar-refractivity contribution is -0.143. The molecule has 27 heavy (non-hydrogen) atoms. The van der Waals surface area contributed by atoms with Crippen LogP contribution >= 0.6 is 0 Å². The number of likely N-dealkylation sites (N-methyl/N-ethyl adjacent to an activating group) is 1. The molecule has 0 aliphatic carbocycles. The van der Waals surface area contributed by atoms with Gasteiger partial charge in [-0.2, -0.15) is 5.10 Å². The van der Waals surface area contributed by atoms with E-state index in [1.54, 1.807) is 18.1 Å². The molecular formula is C19H26N6O2. The summed E-state index contributed by atoms with van der Waals surface area (Å²) >= 11 is 0. The average molecular weight is 370 g/mol. The Hall–Kier alpha value is -2.45. The van der Waals surface area contributed by atoms with E-state index in [0.717, 1.165) is 50.6 Å². The second kappa shape index (κ2) is 7.66. The minimum Gasteiger partial charge on any atom is -0.496 e. The second-order valence-corrected chi connectivity index (χ2v) is 7.29. The number of amides is 1. The quantitative estimate of drug-likeness (QED) is 0.754. The Morgan fingerprint density at radius 3 is 2.81 bits per heavy atom. The molecule has 8 heteroatoms. The van der Waals surface area contributed by atoms with Crippen LogP contribution in [0.1, 0.15) is 11.1 Å². The number of methoxy groups -OCH3 is 1. The monoisotopic (exact) mass is 370 g/mol. The molecule has 2 aliphatic heterocycles. The first kappa shape index (κ1) is 17.9. The third-order valence-corrected chi connectivity index (χ3v) is 5.51. The molecule has 1 aromatic heterocycles. The molecule has 0 radical (unpaired) electrons.